The molecule has 2 rings (SSSR count). The van der Waals surface area contributed by atoms with Crippen LogP contribution < -0.4 is 0 Å². The van der Waals surface area contributed by atoms with E-state index in [2.05, 4.69) is 0 Å². The minimum absolute atomic E-state index is 0.106. The van der Waals surface area contributed by atoms with E-state index in [1.54, 1.807) is 44.7 Å². The highest BCUT2D eigenvalue weighted by molar-refractivity contribution is 7.89. The summed E-state index contributed by atoms with van der Waals surface area (Å²) in [5.74, 6) is -0.879. The van der Waals surface area contributed by atoms with Crippen LogP contribution in [0, 0.1) is 19.8 Å². The molecule has 0 aliphatic carbocycles. The zero-order chi connectivity index (χ0) is 25.0. The second-order valence-electron chi connectivity index (χ2n) is 10.1. The van der Waals surface area contributed by atoms with E-state index in [0.29, 0.717) is 30.8 Å². The lowest BCUT2D eigenvalue weighted by molar-refractivity contribution is -0.160. The summed E-state index contributed by atoms with van der Waals surface area (Å²) in [6, 6.07) is 5.32. The molecule has 33 heavy (non-hydrogen) atoms. The summed E-state index contributed by atoms with van der Waals surface area (Å²) in [5.41, 5.74) is 1.11. The lowest BCUT2D eigenvalue weighted by Gasteiger charge is -2.34. The molecule has 186 valence electrons. The third-order valence-electron chi connectivity index (χ3n) is 5.62. The molecular weight excluding hydrogens is 442 g/mol. The molecule has 1 amide bonds. The van der Waals surface area contributed by atoms with Gasteiger partial charge in [0.25, 0.3) is 0 Å². The number of carbonyl (C=O) groups is 2. The molecular formula is C24H39N3O5S. The smallest absolute Gasteiger partial charge is 0.326 e. The van der Waals surface area contributed by atoms with Gasteiger partial charge in [-0.05, 0) is 73.2 Å². The largest absolute Gasteiger partial charge is 0.459 e. The van der Waals surface area contributed by atoms with Gasteiger partial charge < -0.3 is 14.5 Å². The predicted octanol–water partition coefficient (Wildman–Crippen LogP) is 2.44. The summed E-state index contributed by atoms with van der Waals surface area (Å²) in [5, 5.41) is 0. The second-order valence-corrected chi connectivity index (χ2v) is 12.0. The van der Waals surface area contributed by atoms with Crippen LogP contribution in [-0.2, 0) is 24.3 Å². The van der Waals surface area contributed by atoms with Gasteiger partial charge in [-0.25, -0.2) is 8.42 Å². The fourth-order valence-corrected chi connectivity index (χ4v) is 5.62. The zero-order valence-corrected chi connectivity index (χ0v) is 21.9. The van der Waals surface area contributed by atoms with Crippen LogP contribution in [0.25, 0.3) is 0 Å². The number of rotatable bonds is 8. The van der Waals surface area contributed by atoms with Gasteiger partial charge >= 0.3 is 5.97 Å². The van der Waals surface area contributed by atoms with E-state index in [-0.39, 0.29) is 31.5 Å². The molecule has 1 fully saturated rings. The Morgan fingerprint density at radius 1 is 1.09 bits per heavy atom. The standard InChI is InChI=1S/C24H39N3O5S/c1-18-8-9-21(19(2)16-18)33(30,31)27-12-10-20(11-13-27)23(29)26(15-14-25(6)7)17-22(28)32-24(3,4)5/h8-9,16,20H,10-15,17H2,1-7H3. The number of likely N-dealkylation sites (N-methyl/N-ethyl adjacent to an activating group) is 1. The fourth-order valence-electron chi connectivity index (χ4n) is 3.95. The van der Waals surface area contributed by atoms with Crippen LogP contribution in [-0.4, -0.2) is 86.8 Å². The first-order valence-electron chi connectivity index (χ1n) is 11.4. The number of hydrogen-bond acceptors (Lipinski definition) is 6. The number of hydrogen-bond donors (Lipinski definition) is 0. The summed E-state index contributed by atoms with van der Waals surface area (Å²) in [6.07, 6.45) is 0.853. The SMILES string of the molecule is Cc1ccc(S(=O)(=O)N2CCC(C(=O)N(CCN(C)C)CC(=O)OC(C)(C)C)CC2)c(C)c1. The maximum Gasteiger partial charge on any atom is 0.326 e. The quantitative estimate of drug-likeness (QED) is 0.530. The van der Waals surface area contributed by atoms with Crippen molar-refractivity contribution in [2.24, 2.45) is 5.92 Å². The summed E-state index contributed by atoms with van der Waals surface area (Å²) >= 11 is 0. The Kier molecular flexibility index (Phi) is 9.07. The van der Waals surface area contributed by atoms with Gasteiger partial charge in [-0.2, -0.15) is 4.31 Å². The zero-order valence-electron chi connectivity index (χ0n) is 21.1. The van der Waals surface area contributed by atoms with Crippen molar-refractivity contribution in [2.75, 3.05) is 46.8 Å². The van der Waals surface area contributed by atoms with E-state index in [1.165, 1.54) is 4.31 Å². The van der Waals surface area contributed by atoms with E-state index in [0.717, 1.165) is 11.1 Å². The van der Waals surface area contributed by atoms with Crippen molar-refractivity contribution >= 4 is 21.9 Å². The lowest BCUT2D eigenvalue weighted by atomic mass is 9.96. The van der Waals surface area contributed by atoms with Gasteiger partial charge in [-0.3, -0.25) is 9.59 Å². The molecule has 0 saturated carbocycles. The van der Waals surface area contributed by atoms with Gasteiger partial charge in [-0.15, -0.1) is 0 Å². The maximum atomic E-state index is 13.3. The van der Waals surface area contributed by atoms with Crippen molar-refractivity contribution in [1.29, 1.82) is 0 Å². The second kappa shape index (κ2) is 11.0. The Balaban J connectivity index is 2.07. The van der Waals surface area contributed by atoms with Crippen molar-refractivity contribution in [3.63, 3.8) is 0 Å². The number of amides is 1. The number of aryl methyl sites for hydroxylation is 2. The Bertz CT molecular complexity index is 945. The molecule has 1 aromatic rings. The van der Waals surface area contributed by atoms with E-state index >= 15 is 0 Å². The van der Waals surface area contributed by atoms with Gasteiger partial charge in [0.15, 0.2) is 0 Å². The Labute approximate surface area is 198 Å². The average Bonchev–Trinajstić information content (AvgIpc) is 2.69. The minimum Gasteiger partial charge on any atom is -0.459 e. The van der Waals surface area contributed by atoms with Crippen LogP contribution in [0.15, 0.2) is 23.1 Å². The third kappa shape index (κ3) is 7.79. The molecule has 1 aliphatic rings. The van der Waals surface area contributed by atoms with E-state index in [4.69, 9.17) is 4.74 Å². The van der Waals surface area contributed by atoms with Crippen LogP contribution in [0.5, 0.6) is 0 Å². The Morgan fingerprint density at radius 2 is 1.70 bits per heavy atom. The van der Waals surface area contributed by atoms with Crippen molar-refractivity contribution in [2.45, 2.75) is 58.0 Å². The molecule has 0 unspecified atom stereocenters. The molecule has 1 saturated heterocycles. The number of sulfonamides is 1. The molecule has 8 nitrogen and oxygen atoms in total. The number of piperidine rings is 1. The van der Waals surface area contributed by atoms with Crippen LogP contribution in [0.1, 0.15) is 44.7 Å². The van der Waals surface area contributed by atoms with Gasteiger partial charge in [0.05, 0.1) is 4.90 Å². The first-order chi connectivity index (χ1) is 15.2. The summed E-state index contributed by atoms with van der Waals surface area (Å²) in [7, 11) is 0.207. The van der Waals surface area contributed by atoms with Crippen molar-refractivity contribution in [3.05, 3.63) is 29.3 Å². The monoisotopic (exact) mass is 481 g/mol. The van der Waals surface area contributed by atoms with Gasteiger partial charge in [-0.1, -0.05) is 17.7 Å². The third-order valence-corrected chi connectivity index (χ3v) is 7.68. The molecule has 1 aromatic carbocycles. The lowest BCUT2D eigenvalue weighted by Crippen LogP contribution is -2.48. The first-order valence-corrected chi connectivity index (χ1v) is 12.9. The first kappa shape index (κ1) is 27.3. The van der Waals surface area contributed by atoms with Crippen molar-refractivity contribution in [1.82, 2.24) is 14.1 Å². The van der Waals surface area contributed by atoms with E-state index in [1.807, 2.05) is 32.0 Å². The average molecular weight is 482 g/mol. The van der Waals surface area contributed by atoms with Crippen molar-refractivity contribution < 1.29 is 22.7 Å². The number of carbonyl (C=O) groups excluding carboxylic acids is 2. The van der Waals surface area contributed by atoms with Crippen molar-refractivity contribution in [3.8, 4) is 0 Å². The molecule has 0 bridgehead atoms. The highest BCUT2D eigenvalue weighted by Crippen LogP contribution is 2.27. The molecule has 0 radical (unpaired) electrons. The number of benzene rings is 1. The van der Waals surface area contributed by atoms with Crippen LogP contribution in [0.4, 0.5) is 0 Å². The fraction of sp³-hybridized carbons (Fsp3) is 0.667. The normalized spacial score (nSPS) is 16.1. The summed E-state index contributed by atoms with van der Waals surface area (Å²) in [6.45, 7) is 10.6. The molecule has 1 aliphatic heterocycles. The summed E-state index contributed by atoms with van der Waals surface area (Å²) < 4.78 is 33.2. The molecule has 9 heteroatoms. The van der Waals surface area contributed by atoms with Crippen LogP contribution in [0.2, 0.25) is 0 Å². The summed E-state index contributed by atoms with van der Waals surface area (Å²) in [4.78, 5) is 29.5. The topological polar surface area (TPSA) is 87.2 Å². The molecule has 0 spiro atoms. The Morgan fingerprint density at radius 3 is 2.21 bits per heavy atom. The number of esters is 1. The van der Waals surface area contributed by atoms with Gasteiger partial charge in [0.1, 0.15) is 12.1 Å². The highest BCUT2D eigenvalue weighted by Gasteiger charge is 2.35. The maximum absolute atomic E-state index is 13.3. The van der Waals surface area contributed by atoms with Crippen LogP contribution >= 0.6 is 0 Å². The van der Waals surface area contributed by atoms with Gasteiger partial charge in [0.2, 0.25) is 15.9 Å². The molecule has 0 aromatic heterocycles. The van der Waals surface area contributed by atoms with Crippen LogP contribution in [0.3, 0.4) is 0 Å². The number of ether oxygens (including phenoxy) is 1. The van der Waals surface area contributed by atoms with Gasteiger partial charge in [0, 0.05) is 32.1 Å². The van der Waals surface area contributed by atoms with E-state index < -0.39 is 21.6 Å². The predicted molar refractivity (Wildman–Crippen MR) is 128 cm³/mol. The van der Waals surface area contributed by atoms with E-state index in [9.17, 15) is 18.0 Å². The Hall–Kier alpha value is -1.97. The highest BCUT2D eigenvalue weighted by atomic mass is 32.2. The minimum atomic E-state index is -3.61. The molecule has 0 N–H and O–H groups in total. The number of nitrogens with zero attached hydrogens (tertiary/aromatic N) is 3. The molecule has 1 heterocycles. The molecule has 0 atom stereocenters.